The van der Waals surface area contributed by atoms with Gasteiger partial charge in [0.25, 0.3) is 5.22 Å². The summed E-state index contributed by atoms with van der Waals surface area (Å²) in [6, 6.07) is 11.2. The van der Waals surface area contributed by atoms with Crippen LogP contribution in [-0.4, -0.2) is 34.3 Å². The van der Waals surface area contributed by atoms with E-state index in [1.54, 1.807) is 30.3 Å². The molecule has 0 aliphatic carbocycles. The standard InChI is InChI=1S/C20H16ClFN4O3S/c21-13-5-3-12(4-6-13)19-24-25-20(29-19)30-11-17(27)23-14-7-8-16(15(22)10-14)26-9-1-2-18(26)28/h3-8,10H,1-2,9,11H2,(H,23,27). The molecular formula is C20H16ClFN4O3S. The van der Waals surface area contributed by atoms with Crippen LogP contribution in [0.4, 0.5) is 15.8 Å². The number of thioether (sulfide) groups is 1. The summed E-state index contributed by atoms with van der Waals surface area (Å²) in [6.45, 7) is 0.500. The fourth-order valence-corrected chi connectivity index (χ4v) is 3.70. The normalized spacial score (nSPS) is 13.7. The largest absolute Gasteiger partial charge is 0.411 e. The molecule has 2 aromatic carbocycles. The summed E-state index contributed by atoms with van der Waals surface area (Å²) in [5, 5.41) is 11.3. The number of rotatable bonds is 6. The van der Waals surface area contributed by atoms with E-state index in [9.17, 15) is 14.0 Å². The van der Waals surface area contributed by atoms with Crippen molar-refractivity contribution in [1.29, 1.82) is 0 Å². The number of benzene rings is 2. The first-order valence-electron chi connectivity index (χ1n) is 9.11. The van der Waals surface area contributed by atoms with Crippen LogP contribution in [0.15, 0.2) is 52.1 Å². The molecule has 0 spiro atoms. The fraction of sp³-hybridized carbons (Fsp3) is 0.200. The second-order valence-electron chi connectivity index (χ2n) is 6.53. The number of hydrogen-bond donors (Lipinski definition) is 1. The zero-order chi connectivity index (χ0) is 21.1. The third-order valence-electron chi connectivity index (χ3n) is 4.42. The third-order valence-corrected chi connectivity index (χ3v) is 5.49. The molecule has 0 atom stereocenters. The Morgan fingerprint density at radius 3 is 2.73 bits per heavy atom. The Hall–Kier alpha value is -2.91. The number of carbonyl (C=O) groups is 2. The second-order valence-corrected chi connectivity index (χ2v) is 7.90. The second kappa shape index (κ2) is 8.85. The van der Waals surface area contributed by atoms with E-state index in [4.69, 9.17) is 16.0 Å². The molecule has 0 unspecified atom stereocenters. The Morgan fingerprint density at radius 1 is 1.23 bits per heavy atom. The first kappa shape index (κ1) is 20.4. The molecule has 0 bridgehead atoms. The van der Waals surface area contributed by atoms with Gasteiger partial charge in [-0.1, -0.05) is 23.4 Å². The van der Waals surface area contributed by atoms with Crippen LogP contribution in [0.1, 0.15) is 12.8 Å². The summed E-state index contributed by atoms with van der Waals surface area (Å²) >= 11 is 6.93. The molecule has 2 amide bonds. The van der Waals surface area contributed by atoms with Gasteiger partial charge < -0.3 is 14.6 Å². The third kappa shape index (κ3) is 4.63. The van der Waals surface area contributed by atoms with Crippen LogP contribution in [0.2, 0.25) is 5.02 Å². The van der Waals surface area contributed by atoms with Crippen molar-refractivity contribution in [2.24, 2.45) is 0 Å². The highest BCUT2D eigenvalue weighted by Crippen LogP contribution is 2.27. The van der Waals surface area contributed by atoms with Crippen LogP contribution in [0.5, 0.6) is 0 Å². The van der Waals surface area contributed by atoms with Crippen LogP contribution in [-0.2, 0) is 9.59 Å². The molecule has 4 rings (SSSR count). The SMILES string of the molecule is O=C(CSc1nnc(-c2ccc(Cl)cc2)o1)Nc1ccc(N2CCCC2=O)c(F)c1. The van der Waals surface area contributed by atoms with E-state index in [1.807, 2.05) is 0 Å². The Labute approximate surface area is 180 Å². The minimum absolute atomic E-state index is 0.0102. The molecule has 1 saturated heterocycles. The number of nitrogens with zero attached hydrogens (tertiary/aromatic N) is 3. The van der Waals surface area contributed by atoms with Gasteiger partial charge in [-0.05, 0) is 48.9 Å². The first-order chi connectivity index (χ1) is 14.5. The predicted molar refractivity (Wildman–Crippen MR) is 112 cm³/mol. The number of hydrogen-bond acceptors (Lipinski definition) is 6. The number of nitrogens with one attached hydrogen (secondary N) is 1. The lowest BCUT2D eigenvalue weighted by atomic mass is 10.2. The van der Waals surface area contributed by atoms with E-state index in [-0.39, 0.29) is 28.5 Å². The maximum atomic E-state index is 14.4. The molecule has 1 aliphatic heterocycles. The van der Waals surface area contributed by atoms with Crippen LogP contribution in [0.25, 0.3) is 11.5 Å². The number of amides is 2. The summed E-state index contributed by atoms with van der Waals surface area (Å²) in [5.74, 6) is -0.671. The average Bonchev–Trinajstić information content (AvgIpc) is 3.36. The minimum atomic E-state index is -0.555. The molecule has 2 heterocycles. The molecule has 0 saturated carbocycles. The Bertz CT molecular complexity index is 1090. The highest BCUT2D eigenvalue weighted by molar-refractivity contribution is 7.99. The summed E-state index contributed by atoms with van der Waals surface area (Å²) in [5.41, 5.74) is 1.25. The van der Waals surface area contributed by atoms with E-state index >= 15 is 0 Å². The van der Waals surface area contributed by atoms with Crippen molar-refractivity contribution in [3.8, 4) is 11.5 Å². The van der Waals surface area contributed by atoms with Crippen molar-refractivity contribution in [3.63, 3.8) is 0 Å². The number of aromatic nitrogens is 2. The van der Waals surface area contributed by atoms with Crippen molar-refractivity contribution in [1.82, 2.24) is 10.2 Å². The van der Waals surface area contributed by atoms with Crippen LogP contribution >= 0.6 is 23.4 Å². The summed E-state index contributed by atoms with van der Waals surface area (Å²) < 4.78 is 19.9. The zero-order valence-corrected chi connectivity index (χ0v) is 17.2. The molecular weight excluding hydrogens is 431 g/mol. The van der Waals surface area contributed by atoms with Gasteiger partial charge in [-0.2, -0.15) is 0 Å². The highest BCUT2D eigenvalue weighted by Gasteiger charge is 2.24. The van der Waals surface area contributed by atoms with E-state index < -0.39 is 5.82 Å². The van der Waals surface area contributed by atoms with E-state index in [0.29, 0.717) is 36.0 Å². The van der Waals surface area contributed by atoms with E-state index in [0.717, 1.165) is 17.3 Å². The van der Waals surface area contributed by atoms with Gasteiger partial charge in [-0.3, -0.25) is 9.59 Å². The van der Waals surface area contributed by atoms with Crippen molar-refractivity contribution < 1.29 is 18.4 Å². The van der Waals surface area contributed by atoms with Gasteiger partial charge in [0, 0.05) is 29.2 Å². The quantitative estimate of drug-likeness (QED) is 0.565. The first-order valence-corrected chi connectivity index (χ1v) is 10.5. The highest BCUT2D eigenvalue weighted by atomic mass is 35.5. The van der Waals surface area contributed by atoms with Gasteiger partial charge in [0.15, 0.2) is 0 Å². The van der Waals surface area contributed by atoms with E-state index in [2.05, 4.69) is 15.5 Å². The van der Waals surface area contributed by atoms with Gasteiger partial charge in [0.05, 0.1) is 11.4 Å². The van der Waals surface area contributed by atoms with Crippen molar-refractivity contribution in [2.75, 3.05) is 22.5 Å². The molecule has 0 radical (unpaired) electrons. The van der Waals surface area contributed by atoms with Crippen LogP contribution in [0.3, 0.4) is 0 Å². The number of carbonyl (C=O) groups excluding carboxylic acids is 2. The van der Waals surface area contributed by atoms with E-state index in [1.165, 1.54) is 17.0 Å². The molecule has 10 heteroatoms. The number of anilines is 2. The topological polar surface area (TPSA) is 88.3 Å². The Kier molecular flexibility index (Phi) is 6.01. The fourth-order valence-electron chi connectivity index (χ4n) is 3.01. The Balaban J connectivity index is 1.33. The molecule has 1 fully saturated rings. The van der Waals surface area contributed by atoms with Crippen LogP contribution in [0, 0.1) is 5.82 Å². The molecule has 7 nitrogen and oxygen atoms in total. The van der Waals surface area contributed by atoms with Gasteiger partial charge in [0.1, 0.15) is 5.82 Å². The monoisotopic (exact) mass is 446 g/mol. The maximum absolute atomic E-state index is 14.4. The van der Waals surface area contributed by atoms with Gasteiger partial charge >= 0.3 is 0 Å². The van der Waals surface area contributed by atoms with Crippen molar-refractivity contribution in [2.45, 2.75) is 18.1 Å². The van der Waals surface area contributed by atoms with Crippen LogP contribution < -0.4 is 10.2 Å². The lowest BCUT2D eigenvalue weighted by Crippen LogP contribution is -2.24. The lowest BCUT2D eigenvalue weighted by Gasteiger charge is -2.17. The average molecular weight is 447 g/mol. The molecule has 1 aromatic heterocycles. The van der Waals surface area contributed by atoms with Gasteiger partial charge in [0.2, 0.25) is 17.7 Å². The lowest BCUT2D eigenvalue weighted by molar-refractivity contribution is -0.117. The van der Waals surface area contributed by atoms with Crippen molar-refractivity contribution >= 4 is 46.6 Å². The molecule has 30 heavy (non-hydrogen) atoms. The smallest absolute Gasteiger partial charge is 0.277 e. The molecule has 1 aliphatic rings. The summed E-state index contributed by atoms with van der Waals surface area (Å²) in [4.78, 5) is 25.4. The summed E-state index contributed by atoms with van der Waals surface area (Å²) in [7, 11) is 0. The van der Waals surface area contributed by atoms with Gasteiger partial charge in [-0.15, -0.1) is 10.2 Å². The predicted octanol–water partition coefficient (Wildman–Crippen LogP) is 4.39. The zero-order valence-electron chi connectivity index (χ0n) is 15.6. The molecule has 1 N–H and O–H groups in total. The van der Waals surface area contributed by atoms with Crippen molar-refractivity contribution in [3.05, 3.63) is 53.3 Å². The molecule has 3 aromatic rings. The van der Waals surface area contributed by atoms with Gasteiger partial charge in [-0.25, -0.2) is 4.39 Å². The number of halogens is 2. The maximum Gasteiger partial charge on any atom is 0.277 e. The molecule has 154 valence electrons. The minimum Gasteiger partial charge on any atom is -0.411 e. The summed E-state index contributed by atoms with van der Waals surface area (Å²) in [6.07, 6.45) is 1.13. The Morgan fingerprint density at radius 2 is 2.03 bits per heavy atom.